The number of carbonyl (C=O) groups is 1. The summed E-state index contributed by atoms with van der Waals surface area (Å²) in [5.74, 6) is 2.04. The zero-order valence-electron chi connectivity index (χ0n) is 17.9. The predicted molar refractivity (Wildman–Crippen MR) is 113 cm³/mol. The maximum atomic E-state index is 13.3. The maximum Gasteiger partial charge on any atom is 0.258 e. The van der Waals surface area contributed by atoms with Crippen molar-refractivity contribution in [3.8, 4) is 5.88 Å². The van der Waals surface area contributed by atoms with Crippen LogP contribution in [-0.4, -0.2) is 58.0 Å². The minimum Gasteiger partial charge on any atom is -0.474 e. The van der Waals surface area contributed by atoms with Crippen molar-refractivity contribution >= 4 is 11.9 Å². The fraction of sp³-hybridized carbons (Fsp3) is 0.783. The van der Waals surface area contributed by atoms with Crippen LogP contribution in [0.5, 0.6) is 5.88 Å². The summed E-state index contributed by atoms with van der Waals surface area (Å²) in [6, 6.07) is 0.310. The number of nitrogens with one attached hydrogen (secondary N) is 2. The van der Waals surface area contributed by atoms with Gasteiger partial charge in [0.25, 0.3) is 5.91 Å². The summed E-state index contributed by atoms with van der Waals surface area (Å²) in [6.07, 6.45) is 10.5. The van der Waals surface area contributed by atoms with Crippen LogP contribution in [0, 0.1) is 17.8 Å². The molecule has 0 spiro atoms. The Labute approximate surface area is 182 Å². The van der Waals surface area contributed by atoms with Crippen molar-refractivity contribution in [3.05, 3.63) is 11.8 Å². The van der Waals surface area contributed by atoms with Gasteiger partial charge in [-0.25, -0.2) is 4.98 Å². The Bertz CT molecular complexity index is 838. The summed E-state index contributed by atoms with van der Waals surface area (Å²) < 4.78 is 11.5. The minimum atomic E-state index is -0.503. The maximum absolute atomic E-state index is 13.3. The molecule has 8 heteroatoms. The third kappa shape index (κ3) is 3.78. The normalized spacial score (nSPS) is 38.7. The highest BCUT2D eigenvalue weighted by molar-refractivity contribution is 5.96. The van der Waals surface area contributed by atoms with Crippen LogP contribution in [0.4, 0.5) is 5.95 Å². The van der Waals surface area contributed by atoms with Gasteiger partial charge in [0.1, 0.15) is 11.7 Å². The number of aliphatic hydroxyl groups is 1. The molecule has 1 aromatic rings. The first kappa shape index (κ1) is 19.7. The molecule has 1 saturated heterocycles. The molecule has 7 rings (SSSR count). The van der Waals surface area contributed by atoms with Crippen molar-refractivity contribution in [2.24, 2.45) is 17.8 Å². The molecule has 6 aliphatic rings. The van der Waals surface area contributed by atoms with E-state index in [0.717, 1.165) is 64.4 Å². The second-order valence-electron chi connectivity index (χ2n) is 10.5. The number of ether oxygens (including phenoxy) is 2. The molecule has 8 nitrogen and oxygen atoms in total. The molecule has 3 N–H and O–H groups in total. The molecule has 31 heavy (non-hydrogen) atoms. The zero-order valence-corrected chi connectivity index (χ0v) is 17.9. The van der Waals surface area contributed by atoms with E-state index in [1.54, 1.807) is 6.20 Å². The van der Waals surface area contributed by atoms with E-state index >= 15 is 0 Å². The first-order chi connectivity index (χ1) is 15.0. The summed E-state index contributed by atoms with van der Waals surface area (Å²) >= 11 is 0. The van der Waals surface area contributed by atoms with Gasteiger partial charge >= 0.3 is 0 Å². The Kier molecular flexibility index (Phi) is 4.83. The lowest BCUT2D eigenvalue weighted by molar-refractivity contribution is -0.136. The standard InChI is InChI=1S/C23H32N4O4/c28-20(26-19-14-6-13-7-15(19)10-23(29,8-13)9-14)18-11-24-22(25-16-4-5-30-12-16)27-21(18)31-17-2-1-3-17/h11,13-17,19,29H,1-10,12H2,(H,26,28)(H,24,25,27)/t13?,14-,15+,16-,19?,23?/m0/s1. The number of hydrogen-bond donors (Lipinski definition) is 3. The highest BCUT2D eigenvalue weighted by Gasteiger charge is 2.55. The van der Waals surface area contributed by atoms with Crippen LogP contribution in [0.3, 0.4) is 0 Å². The molecule has 1 amide bonds. The first-order valence-electron chi connectivity index (χ1n) is 12.0. The Morgan fingerprint density at radius 1 is 1.19 bits per heavy atom. The van der Waals surface area contributed by atoms with Crippen molar-refractivity contribution in [2.75, 3.05) is 18.5 Å². The lowest BCUT2D eigenvalue weighted by Gasteiger charge is -2.58. The van der Waals surface area contributed by atoms with Crippen LogP contribution in [0.25, 0.3) is 0 Å². The second kappa shape index (κ2) is 7.59. The molecule has 1 aliphatic heterocycles. The lowest BCUT2D eigenvalue weighted by Crippen LogP contribution is -2.61. The van der Waals surface area contributed by atoms with E-state index in [1.807, 2.05) is 0 Å². The third-order valence-corrected chi connectivity index (χ3v) is 8.13. The summed E-state index contributed by atoms with van der Waals surface area (Å²) in [5.41, 5.74) is -0.0935. The van der Waals surface area contributed by atoms with Crippen molar-refractivity contribution in [1.29, 1.82) is 0 Å². The molecule has 0 radical (unpaired) electrons. The largest absolute Gasteiger partial charge is 0.474 e. The zero-order chi connectivity index (χ0) is 21.0. The number of amides is 1. The van der Waals surface area contributed by atoms with Crippen molar-refractivity contribution in [3.63, 3.8) is 0 Å². The number of carbonyl (C=O) groups excluding carboxylic acids is 1. The fourth-order valence-electron chi connectivity index (χ4n) is 6.60. The average Bonchev–Trinajstić information content (AvgIpc) is 3.19. The quantitative estimate of drug-likeness (QED) is 0.638. The Morgan fingerprint density at radius 2 is 2.00 bits per heavy atom. The molecule has 5 aliphatic carbocycles. The molecule has 2 heterocycles. The van der Waals surface area contributed by atoms with Gasteiger partial charge in [0.2, 0.25) is 11.8 Å². The number of anilines is 1. The lowest BCUT2D eigenvalue weighted by atomic mass is 9.52. The van der Waals surface area contributed by atoms with Gasteiger partial charge < -0.3 is 25.2 Å². The number of nitrogens with zero attached hydrogens (tertiary/aromatic N) is 2. The number of aromatic nitrogens is 2. The molecule has 1 aromatic heterocycles. The molecular formula is C23H32N4O4. The van der Waals surface area contributed by atoms with Crippen LogP contribution >= 0.6 is 0 Å². The van der Waals surface area contributed by atoms with Gasteiger partial charge in [-0.05, 0) is 75.5 Å². The summed E-state index contributed by atoms with van der Waals surface area (Å²) in [4.78, 5) is 22.3. The van der Waals surface area contributed by atoms with Gasteiger partial charge in [0.05, 0.1) is 18.2 Å². The molecule has 3 unspecified atom stereocenters. The average molecular weight is 429 g/mol. The Hall–Kier alpha value is -1.93. The topological polar surface area (TPSA) is 106 Å². The van der Waals surface area contributed by atoms with E-state index in [0.29, 0.717) is 41.8 Å². The van der Waals surface area contributed by atoms with Crippen LogP contribution in [0.15, 0.2) is 6.20 Å². The van der Waals surface area contributed by atoms with Crippen molar-refractivity contribution in [2.45, 2.75) is 81.6 Å². The van der Waals surface area contributed by atoms with E-state index in [-0.39, 0.29) is 24.1 Å². The van der Waals surface area contributed by atoms with E-state index in [1.165, 1.54) is 0 Å². The van der Waals surface area contributed by atoms with E-state index in [9.17, 15) is 9.90 Å². The monoisotopic (exact) mass is 428 g/mol. The van der Waals surface area contributed by atoms with E-state index < -0.39 is 5.60 Å². The van der Waals surface area contributed by atoms with Gasteiger partial charge in [-0.3, -0.25) is 4.79 Å². The van der Waals surface area contributed by atoms with Crippen molar-refractivity contribution < 1.29 is 19.4 Å². The molecule has 4 bridgehead atoms. The van der Waals surface area contributed by atoms with E-state index in [4.69, 9.17) is 9.47 Å². The van der Waals surface area contributed by atoms with Crippen LogP contribution in [0.1, 0.15) is 68.1 Å². The van der Waals surface area contributed by atoms with Gasteiger partial charge in [-0.2, -0.15) is 4.98 Å². The third-order valence-electron chi connectivity index (χ3n) is 8.13. The number of rotatable bonds is 6. The van der Waals surface area contributed by atoms with Crippen LogP contribution < -0.4 is 15.4 Å². The number of hydrogen-bond acceptors (Lipinski definition) is 7. The van der Waals surface area contributed by atoms with E-state index in [2.05, 4.69) is 20.6 Å². The molecule has 0 aromatic carbocycles. The smallest absolute Gasteiger partial charge is 0.258 e. The first-order valence-corrected chi connectivity index (χ1v) is 12.0. The Balaban J connectivity index is 1.20. The van der Waals surface area contributed by atoms with Crippen molar-refractivity contribution in [1.82, 2.24) is 15.3 Å². The summed E-state index contributed by atoms with van der Waals surface area (Å²) in [5, 5.41) is 17.4. The van der Waals surface area contributed by atoms with Gasteiger partial charge in [0.15, 0.2) is 0 Å². The van der Waals surface area contributed by atoms with Gasteiger partial charge in [-0.15, -0.1) is 0 Å². The molecule has 5 saturated carbocycles. The summed E-state index contributed by atoms with van der Waals surface area (Å²) in [7, 11) is 0. The molecule has 6 atom stereocenters. The highest BCUT2D eigenvalue weighted by Crippen LogP contribution is 2.55. The highest BCUT2D eigenvalue weighted by atomic mass is 16.5. The summed E-state index contributed by atoms with van der Waals surface area (Å²) in [6.45, 7) is 1.38. The molecular weight excluding hydrogens is 396 g/mol. The van der Waals surface area contributed by atoms with Gasteiger partial charge in [-0.1, -0.05) is 0 Å². The SMILES string of the molecule is O=C(NC1[C@@H]2CC3C[C@H]1CC(O)(C3)C2)c1cnc(N[C@H]2CCOC2)nc1OC1CCC1. The Morgan fingerprint density at radius 3 is 2.65 bits per heavy atom. The minimum absolute atomic E-state index is 0.120. The fourth-order valence-corrected chi connectivity index (χ4v) is 6.60. The predicted octanol–water partition coefficient (Wildman–Crippen LogP) is 2.28. The van der Waals surface area contributed by atoms with Gasteiger partial charge in [0, 0.05) is 18.8 Å². The second-order valence-corrected chi connectivity index (χ2v) is 10.5. The molecule has 6 fully saturated rings. The molecule has 168 valence electrons. The van der Waals surface area contributed by atoms with Crippen LogP contribution in [-0.2, 0) is 4.74 Å². The van der Waals surface area contributed by atoms with Crippen LogP contribution in [0.2, 0.25) is 0 Å².